The molecule has 1 unspecified atom stereocenters. The van der Waals surface area contributed by atoms with Crippen LogP contribution in [0.3, 0.4) is 0 Å². The highest BCUT2D eigenvalue weighted by atomic mass is 32.2. The lowest BCUT2D eigenvalue weighted by Crippen LogP contribution is -2.29. The SMILES string of the molecule is CCC(CCO)CNS(=O)(=O)c1cccc2ncccc12. The van der Waals surface area contributed by atoms with Crippen LogP contribution in [0.5, 0.6) is 0 Å². The first-order valence-electron chi connectivity index (χ1n) is 7.02. The van der Waals surface area contributed by atoms with Crippen LogP contribution >= 0.6 is 0 Å². The number of aliphatic hydroxyl groups excluding tert-OH is 1. The zero-order valence-electron chi connectivity index (χ0n) is 12.0. The quantitative estimate of drug-likeness (QED) is 0.819. The van der Waals surface area contributed by atoms with Crippen molar-refractivity contribution in [2.75, 3.05) is 13.2 Å². The smallest absolute Gasteiger partial charge is 0.241 e. The van der Waals surface area contributed by atoms with Gasteiger partial charge in [0.2, 0.25) is 10.0 Å². The second-order valence-electron chi connectivity index (χ2n) is 4.96. The topological polar surface area (TPSA) is 79.3 Å². The third-order valence-corrected chi connectivity index (χ3v) is 5.05. The Hall–Kier alpha value is -1.50. The molecule has 1 aromatic carbocycles. The first kappa shape index (κ1) is 15.9. The summed E-state index contributed by atoms with van der Waals surface area (Å²) >= 11 is 0. The van der Waals surface area contributed by atoms with E-state index in [0.29, 0.717) is 23.9 Å². The molecule has 0 amide bonds. The third kappa shape index (κ3) is 3.78. The normalized spacial score (nSPS) is 13.4. The van der Waals surface area contributed by atoms with E-state index in [2.05, 4.69) is 9.71 Å². The summed E-state index contributed by atoms with van der Waals surface area (Å²) in [6.07, 6.45) is 3.05. The van der Waals surface area contributed by atoms with Gasteiger partial charge in [0.1, 0.15) is 0 Å². The molecule has 0 aliphatic rings. The van der Waals surface area contributed by atoms with Crippen LogP contribution in [0.4, 0.5) is 0 Å². The molecule has 2 rings (SSSR count). The average molecular weight is 308 g/mol. The standard InChI is InChI=1S/C15H20N2O3S/c1-2-12(8-10-18)11-17-21(19,20)15-7-3-6-14-13(15)5-4-9-16-14/h3-7,9,12,17-18H,2,8,10-11H2,1H3. The summed E-state index contributed by atoms with van der Waals surface area (Å²) in [5.41, 5.74) is 0.655. The molecule has 0 spiro atoms. The van der Waals surface area contributed by atoms with E-state index in [1.807, 2.05) is 6.92 Å². The third-order valence-electron chi connectivity index (χ3n) is 3.57. The lowest BCUT2D eigenvalue weighted by Gasteiger charge is -2.15. The van der Waals surface area contributed by atoms with Crippen molar-refractivity contribution in [3.05, 3.63) is 36.5 Å². The predicted octanol–water partition coefficient (Wildman–Crippen LogP) is 1.92. The Kier molecular flexibility index (Phi) is 5.27. The van der Waals surface area contributed by atoms with Gasteiger partial charge >= 0.3 is 0 Å². The van der Waals surface area contributed by atoms with Crippen molar-refractivity contribution in [1.29, 1.82) is 0 Å². The number of pyridine rings is 1. The summed E-state index contributed by atoms with van der Waals surface area (Å²) in [7, 11) is -3.58. The molecule has 2 N–H and O–H groups in total. The first-order chi connectivity index (χ1) is 10.1. The Morgan fingerprint density at radius 2 is 2.10 bits per heavy atom. The molecule has 1 heterocycles. The Balaban J connectivity index is 2.26. The molecule has 0 bridgehead atoms. The van der Waals surface area contributed by atoms with Gasteiger partial charge in [-0.2, -0.15) is 0 Å². The number of rotatable bonds is 7. The van der Waals surface area contributed by atoms with E-state index >= 15 is 0 Å². The van der Waals surface area contributed by atoms with Crippen molar-refractivity contribution in [3.63, 3.8) is 0 Å². The number of sulfonamides is 1. The molecular formula is C15H20N2O3S. The highest BCUT2D eigenvalue weighted by Crippen LogP contribution is 2.21. The second-order valence-corrected chi connectivity index (χ2v) is 6.70. The number of fused-ring (bicyclic) bond motifs is 1. The molecule has 0 radical (unpaired) electrons. The van der Waals surface area contributed by atoms with Gasteiger partial charge in [0.15, 0.2) is 0 Å². The summed E-state index contributed by atoms with van der Waals surface area (Å²) in [4.78, 5) is 4.41. The molecular weight excluding hydrogens is 288 g/mol. The molecule has 0 aliphatic heterocycles. The number of hydrogen-bond donors (Lipinski definition) is 2. The van der Waals surface area contributed by atoms with Crippen molar-refractivity contribution >= 4 is 20.9 Å². The number of aromatic nitrogens is 1. The monoisotopic (exact) mass is 308 g/mol. The predicted molar refractivity (Wildman–Crippen MR) is 82.4 cm³/mol. The van der Waals surface area contributed by atoms with E-state index < -0.39 is 10.0 Å². The number of nitrogens with one attached hydrogen (secondary N) is 1. The van der Waals surface area contributed by atoms with Gasteiger partial charge in [-0.25, -0.2) is 13.1 Å². The average Bonchev–Trinajstić information content (AvgIpc) is 2.50. The van der Waals surface area contributed by atoms with Crippen LogP contribution in [0.25, 0.3) is 10.9 Å². The zero-order valence-corrected chi connectivity index (χ0v) is 12.8. The van der Waals surface area contributed by atoms with Crippen LogP contribution in [0.1, 0.15) is 19.8 Å². The molecule has 21 heavy (non-hydrogen) atoms. The lowest BCUT2D eigenvalue weighted by molar-refractivity contribution is 0.254. The Morgan fingerprint density at radius 3 is 2.81 bits per heavy atom. The molecule has 1 atom stereocenters. The lowest BCUT2D eigenvalue weighted by atomic mass is 10.0. The minimum absolute atomic E-state index is 0.0679. The summed E-state index contributed by atoms with van der Waals surface area (Å²) in [6.45, 7) is 2.38. The highest BCUT2D eigenvalue weighted by Gasteiger charge is 2.18. The van der Waals surface area contributed by atoms with Gasteiger partial charge in [-0.1, -0.05) is 19.4 Å². The summed E-state index contributed by atoms with van der Waals surface area (Å²) in [6, 6.07) is 8.53. The van der Waals surface area contributed by atoms with Crippen molar-refractivity contribution < 1.29 is 13.5 Å². The van der Waals surface area contributed by atoms with E-state index in [4.69, 9.17) is 5.11 Å². The Morgan fingerprint density at radius 1 is 1.29 bits per heavy atom. The molecule has 0 saturated carbocycles. The molecule has 5 nitrogen and oxygen atoms in total. The van der Waals surface area contributed by atoms with E-state index in [1.165, 1.54) is 0 Å². The number of hydrogen-bond acceptors (Lipinski definition) is 4. The Labute approximate surface area is 125 Å². The van der Waals surface area contributed by atoms with Crippen LogP contribution in [0.2, 0.25) is 0 Å². The van der Waals surface area contributed by atoms with Gasteiger partial charge in [0.25, 0.3) is 0 Å². The van der Waals surface area contributed by atoms with E-state index in [0.717, 1.165) is 6.42 Å². The maximum atomic E-state index is 12.5. The van der Waals surface area contributed by atoms with Crippen LogP contribution in [-0.2, 0) is 10.0 Å². The summed E-state index contributed by atoms with van der Waals surface area (Å²) < 4.78 is 27.6. The van der Waals surface area contributed by atoms with Crippen molar-refractivity contribution in [2.24, 2.45) is 5.92 Å². The van der Waals surface area contributed by atoms with Crippen molar-refractivity contribution in [2.45, 2.75) is 24.7 Å². The van der Waals surface area contributed by atoms with Gasteiger partial charge in [0, 0.05) is 24.7 Å². The van der Waals surface area contributed by atoms with Crippen LogP contribution < -0.4 is 4.72 Å². The summed E-state index contributed by atoms with van der Waals surface area (Å²) in [5, 5.41) is 9.58. The zero-order chi connectivity index (χ0) is 15.3. The van der Waals surface area contributed by atoms with E-state index in [-0.39, 0.29) is 17.4 Å². The van der Waals surface area contributed by atoms with E-state index in [9.17, 15) is 8.42 Å². The van der Waals surface area contributed by atoms with Crippen molar-refractivity contribution in [3.8, 4) is 0 Å². The minimum atomic E-state index is -3.58. The van der Waals surface area contributed by atoms with E-state index in [1.54, 1.807) is 36.5 Å². The molecule has 0 saturated heterocycles. The number of benzene rings is 1. The molecule has 2 aromatic rings. The van der Waals surface area contributed by atoms with Crippen molar-refractivity contribution in [1.82, 2.24) is 9.71 Å². The maximum Gasteiger partial charge on any atom is 0.241 e. The van der Waals surface area contributed by atoms with Gasteiger partial charge in [-0.05, 0) is 36.6 Å². The fraction of sp³-hybridized carbons (Fsp3) is 0.400. The number of aliphatic hydroxyl groups is 1. The largest absolute Gasteiger partial charge is 0.396 e. The molecule has 6 heteroatoms. The molecule has 0 aliphatic carbocycles. The fourth-order valence-corrected chi connectivity index (χ4v) is 3.58. The van der Waals surface area contributed by atoms with Crippen LogP contribution in [0.15, 0.2) is 41.4 Å². The number of nitrogens with zero attached hydrogens (tertiary/aromatic N) is 1. The minimum Gasteiger partial charge on any atom is -0.396 e. The molecule has 114 valence electrons. The first-order valence-corrected chi connectivity index (χ1v) is 8.51. The van der Waals surface area contributed by atoms with Gasteiger partial charge in [-0.3, -0.25) is 4.98 Å². The maximum absolute atomic E-state index is 12.5. The van der Waals surface area contributed by atoms with Gasteiger partial charge < -0.3 is 5.11 Å². The molecule has 0 fully saturated rings. The van der Waals surface area contributed by atoms with Crippen LogP contribution in [0, 0.1) is 5.92 Å². The second kappa shape index (κ2) is 6.98. The van der Waals surface area contributed by atoms with Crippen LogP contribution in [-0.4, -0.2) is 31.7 Å². The highest BCUT2D eigenvalue weighted by molar-refractivity contribution is 7.89. The fourth-order valence-electron chi connectivity index (χ4n) is 2.25. The van der Waals surface area contributed by atoms with Gasteiger partial charge in [0.05, 0.1) is 10.4 Å². The summed E-state index contributed by atoms with van der Waals surface area (Å²) in [5.74, 6) is 0.137. The Bertz CT molecular complexity index is 696. The molecule has 1 aromatic heterocycles. The van der Waals surface area contributed by atoms with Gasteiger partial charge in [-0.15, -0.1) is 0 Å².